The maximum Gasteiger partial charge on any atom is 0.471 e. The van der Waals surface area contributed by atoms with Crippen LogP contribution in [0.1, 0.15) is 5.69 Å². The molecule has 0 radical (unpaired) electrons. The summed E-state index contributed by atoms with van der Waals surface area (Å²) in [5.41, 5.74) is -1.44. The normalized spacial score (nSPS) is 12.7. The van der Waals surface area contributed by atoms with Crippen LogP contribution in [-0.2, 0) is 11.0 Å². The first-order valence-corrected chi connectivity index (χ1v) is 5.80. The second kappa shape index (κ2) is 4.86. The van der Waals surface area contributed by atoms with Crippen molar-refractivity contribution in [3.8, 4) is 0 Å². The molecule has 0 aliphatic heterocycles. The number of fused-ring (bicyclic) bond motifs is 1. The van der Waals surface area contributed by atoms with Gasteiger partial charge in [0, 0.05) is 0 Å². The molecule has 1 amide bonds. The molecule has 0 saturated heterocycles. The van der Waals surface area contributed by atoms with Crippen LogP contribution in [0.3, 0.4) is 0 Å². The number of halogens is 7. The van der Waals surface area contributed by atoms with E-state index in [9.17, 15) is 31.1 Å². The molecule has 0 spiro atoms. The summed E-state index contributed by atoms with van der Waals surface area (Å²) in [7, 11) is 0. The Hall–Kier alpha value is -1.85. The minimum atomic E-state index is -5.15. The van der Waals surface area contributed by atoms with E-state index in [1.165, 1.54) is 5.32 Å². The lowest BCUT2D eigenvalue weighted by Gasteiger charge is -2.06. The molecule has 5 nitrogen and oxygen atoms in total. The van der Waals surface area contributed by atoms with Gasteiger partial charge < -0.3 is 5.32 Å². The van der Waals surface area contributed by atoms with Crippen molar-refractivity contribution in [1.29, 1.82) is 0 Å². The van der Waals surface area contributed by atoms with E-state index in [0.29, 0.717) is 10.6 Å². The zero-order valence-electron chi connectivity index (χ0n) is 9.55. The summed E-state index contributed by atoms with van der Waals surface area (Å²) < 4.78 is 74.1. The number of carbonyl (C=O) groups excluding carboxylic acids is 1. The topological polar surface area (TPSA) is 59.3 Å². The fraction of sp³-hybridized carbons (Fsp3) is 0.222. The molecular formula is C9H3BrF6N4O. The van der Waals surface area contributed by atoms with Crippen molar-refractivity contribution < 1.29 is 31.1 Å². The number of amides is 1. The summed E-state index contributed by atoms with van der Waals surface area (Å²) in [6, 6.07) is 1.52. The number of carbonyl (C=O) groups is 1. The van der Waals surface area contributed by atoms with Crippen LogP contribution in [0, 0.1) is 0 Å². The first kappa shape index (κ1) is 15.5. The zero-order valence-corrected chi connectivity index (χ0v) is 11.1. The van der Waals surface area contributed by atoms with Gasteiger partial charge >= 0.3 is 18.3 Å². The second-order valence-corrected chi connectivity index (χ2v) is 4.44. The number of nitrogens with zero attached hydrogens (tertiary/aromatic N) is 3. The predicted octanol–water partition coefficient (Wildman–Crippen LogP) is 3.01. The highest BCUT2D eigenvalue weighted by molar-refractivity contribution is 9.10. The van der Waals surface area contributed by atoms with E-state index in [1.807, 2.05) is 0 Å². The molecule has 0 bridgehead atoms. The van der Waals surface area contributed by atoms with Crippen LogP contribution in [0.15, 0.2) is 16.7 Å². The van der Waals surface area contributed by atoms with Crippen molar-refractivity contribution in [3.05, 3.63) is 22.4 Å². The number of anilines is 1. The maximum atomic E-state index is 12.5. The molecule has 0 atom stereocenters. The molecular weight excluding hydrogens is 374 g/mol. The zero-order chi connectivity index (χ0) is 16.0. The maximum absolute atomic E-state index is 12.5. The summed E-state index contributed by atoms with van der Waals surface area (Å²) >= 11 is 2.74. The van der Waals surface area contributed by atoms with Gasteiger partial charge in [-0.1, -0.05) is 0 Å². The van der Waals surface area contributed by atoms with Crippen LogP contribution in [0.25, 0.3) is 5.65 Å². The Balaban J connectivity index is 2.45. The number of hydrogen-bond acceptors (Lipinski definition) is 3. The van der Waals surface area contributed by atoms with Crippen molar-refractivity contribution >= 4 is 33.3 Å². The van der Waals surface area contributed by atoms with Gasteiger partial charge in [0.15, 0.2) is 21.8 Å². The Morgan fingerprint density at radius 1 is 1.19 bits per heavy atom. The summed E-state index contributed by atoms with van der Waals surface area (Å²) in [6.07, 6.45) is -9.88. The SMILES string of the molecule is O=C(Nc1nc2ccc(C(F)(F)F)nn2c1Br)C(F)(F)F. The largest absolute Gasteiger partial charge is 0.471 e. The van der Waals surface area contributed by atoms with Crippen molar-refractivity contribution in [2.45, 2.75) is 12.4 Å². The van der Waals surface area contributed by atoms with Crippen molar-refractivity contribution in [2.75, 3.05) is 5.32 Å². The molecule has 0 aliphatic carbocycles. The number of imidazole rings is 1. The number of nitrogens with one attached hydrogen (secondary N) is 1. The molecule has 114 valence electrons. The first-order chi connectivity index (χ1) is 9.50. The summed E-state index contributed by atoms with van der Waals surface area (Å²) in [6.45, 7) is 0. The van der Waals surface area contributed by atoms with E-state index in [4.69, 9.17) is 0 Å². The Labute approximate surface area is 120 Å². The molecule has 0 saturated carbocycles. The standard InChI is InChI=1S/C9H3BrF6N4O/c10-5-6(18-7(21)9(14,15)16)17-4-2-1-3(8(11,12)13)19-20(4)5/h1-2H,(H,18,21). The van der Waals surface area contributed by atoms with E-state index >= 15 is 0 Å². The van der Waals surface area contributed by atoms with Crippen molar-refractivity contribution in [1.82, 2.24) is 14.6 Å². The average molecular weight is 377 g/mol. The average Bonchev–Trinajstić information content (AvgIpc) is 2.64. The Morgan fingerprint density at radius 2 is 1.81 bits per heavy atom. The third-order valence-electron chi connectivity index (χ3n) is 2.20. The number of aromatic nitrogens is 3. The van der Waals surface area contributed by atoms with Gasteiger partial charge in [0.25, 0.3) is 0 Å². The molecule has 2 rings (SSSR count). The van der Waals surface area contributed by atoms with Gasteiger partial charge in [-0.25, -0.2) is 9.50 Å². The van der Waals surface area contributed by atoms with E-state index < -0.39 is 29.8 Å². The van der Waals surface area contributed by atoms with Crippen LogP contribution in [0.2, 0.25) is 0 Å². The molecule has 0 aliphatic rings. The van der Waals surface area contributed by atoms with E-state index in [0.717, 1.165) is 6.07 Å². The Bertz CT molecular complexity index is 707. The Kier molecular flexibility index (Phi) is 3.59. The molecule has 0 fully saturated rings. The van der Waals surface area contributed by atoms with Gasteiger partial charge in [0.05, 0.1) is 0 Å². The third kappa shape index (κ3) is 3.09. The van der Waals surface area contributed by atoms with E-state index in [-0.39, 0.29) is 10.3 Å². The van der Waals surface area contributed by atoms with Crippen molar-refractivity contribution in [2.24, 2.45) is 0 Å². The van der Waals surface area contributed by atoms with Crippen LogP contribution in [-0.4, -0.2) is 26.7 Å². The van der Waals surface area contributed by atoms with Gasteiger partial charge in [-0.3, -0.25) is 4.79 Å². The highest BCUT2D eigenvalue weighted by Crippen LogP contribution is 2.30. The molecule has 0 unspecified atom stereocenters. The highest BCUT2D eigenvalue weighted by Gasteiger charge is 2.39. The quantitative estimate of drug-likeness (QED) is 0.778. The fourth-order valence-electron chi connectivity index (χ4n) is 1.32. The highest BCUT2D eigenvalue weighted by atomic mass is 79.9. The van der Waals surface area contributed by atoms with E-state index in [2.05, 4.69) is 26.0 Å². The lowest BCUT2D eigenvalue weighted by Crippen LogP contribution is -2.30. The van der Waals surface area contributed by atoms with Crippen LogP contribution < -0.4 is 5.32 Å². The molecule has 2 heterocycles. The number of alkyl halides is 6. The lowest BCUT2D eigenvalue weighted by molar-refractivity contribution is -0.167. The van der Waals surface area contributed by atoms with E-state index in [1.54, 1.807) is 0 Å². The monoisotopic (exact) mass is 376 g/mol. The summed E-state index contributed by atoms with van der Waals surface area (Å²) in [5, 5.41) is 4.62. The van der Waals surface area contributed by atoms with Crippen LogP contribution in [0.4, 0.5) is 32.2 Å². The molecule has 1 N–H and O–H groups in total. The van der Waals surface area contributed by atoms with Gasteiger partial charge in [0.2, 0.25) is 0 Å². The molecule has 2 aromatic rings. The van der Waals surface area contributed by atoms with Gasteiger partial charge in [-0.05, 0) is 28.1 Å². The van der Waals surface area contributed by atoms with Crippen LogP contribution in [0.5, 0.6) is 0 Å². The lowest BCUT2D eigenvalue weighted by atomic mass is 10.4. The third-order valence-corrected chi connectivity index (χ3v) is 2.91. The minimum Gasteiger partial charge on any atom is -0.300 e. The summed E-state index contributed by atoms with van der Waals surface area (Å²) in [5.74, 6) is -2.90. The number of rotatable bonds is 1. The Morgan fingerprint density at radius 3 is 2.33 bits per heavy atom. The predicted molar refractivity (Wildman–Crippen MR) is 60.4 cm³/mol. The second-order valence-electron chi connectivity index (χ2n) is 3.69. The van der Waals surface area contributed by atoms with Gasteiger partial charge in [0.1, 0.15) is 0 Å². The minimum absolute atomic E-state index is 0.174. The molecule has 12 heteroatoms. The molecule has 0 aromatic carbocycles. The molecule has 2 aromatic heterocycles. The van der Waals surface area contributed by atoms with Gasteiger partial charge in [-0.15, -0.1) is 0 Å². The molecule has 21 heavy (non-hydrogen) atoms. The fourth-order valence-corrected chi connectivity index (χ4v) is 1.76. The number of hydrogen-bond donors (Lipinski definition) is 1. The van der Waals surface area contributed by atoms with Crippen LogP contribution >= 0.6 is 15.9 Å². The van der Waals surface area contributed by atoms with Crippen molar-refractivity contribution in [3.63, 3.8) is 0 Å². The smallest absolute Gasteiger partial charge is 0.300 e. The van der Waals surface area contributed by atoms with Gasteiger partial charge in [-0.2, -0.15) is 31.4 Å². The summed E-state index contributed by atoms with van der Waals surface area (Å²) in [4.78, 5) is 14.3. The first-order valence-electron chi connectivity index (χ1n) is 5.01.